The number of nitro groups is 1. The third-order valence-corrected chi connectivity index (χ3v) is 3.90. The second-order valence-corrected chi connectivity index (χ2v) is 5.58. The fourth-order valence-corrected chi connectivity index (χ4v) is 2.66. The molecule has 0 unspecified atom stereocenters. The van der Waals surface area contributed by atoms with Crippen molar-refractivity contribution in [1.29, 1.82) is 0 Å². The zero-order valence-corrected chi connectivity index (χ0v) is 13.0. The maximum Gasteiger partial charge on any atom is 0.269 e. The third-order valence-electron chi connectivity index (χ3n) is 3.90. The Labute approximate surface area is 138 Å². The molecule has 0 atom stereocenters. The Morgan fingerprint density at radius 1 is 1.17 bits per heavy atom. The molecule has 0 aliphatic carbocycles. The van der Waals surface area contributed by atoms with Crippen LogP contribution in [0.25, 0.3) is 0 Å². The van der Waals surface area contributed by atoms with E-state index in [1.54, 1.807) is 18.2 Å². The van der Waals surface area contributed by atoms with Crippen LogP contribution in [-0.4, -0.2) is 24.2 Å². The predicted molar refractivity (Wildman–Crippen MR) is 92.2 cm³/mol. The van der Waals surface area contributed by atoms with Crippen molar-refractivity contribution in [2.24, 2.45) is 5.10 Å². The van der Waals surface area contributed by atoms with E-state index in [-0.39, 0.29) is 11.5 Å². The van der Waals surface area contributed by atoms with Gasteiger partial charge in [0.2, 0.25) is 0 Å². The lowest BCUT2D eigenvalue weighted by Gasteiger charge is -2.18. The van der Waals surface area contributed by atoms with Gasteiger partial charge in [-0.25, -0.2) is 4.39 Å². The highest BCUT2D eigenvalue weighted by Gasteiger charge is 2.15. The van der Waals surface area contributed by atoms with E-state index in [9.17, 15) is 14.5 Å². The summed E-state index contributed by atoms with van der Waals surface area (Å²) in [5.41, 5.74) is 4.67. The first-order chi connectivity index (χ1) is 11.6. The number of hydrogen-bond acceptors (Lipinski definition) is 5. The maximum atomic E-state index is 14.2. The van der Waals surface area contributed by atoms with Gasteiger partial charge in [-0.15, -0.1) is 0 Å². The van der Waals surface area contributed by atoms with Crippen molar-refractivity contribution in [3.63, 3.8) is 0 Å². The second-order valence-electron chi connectivity index (χ2n) is 5.58. The summed E-state index contributed by atoms with van der Waals surface area (Å²) in [7, 11) is 0. The molecule has 0 amide bonds. The van der Waals surface area contributed by atoms with E-state index in [2.05, 4.69) is 10.5 Å². The Kier molecular flexibility index (Phi) is 4.69. The molecule has 0 radical (unpaired) electrons. The number of anilines is 2. The molecule has 1 N–H and O–H groups in total. The van der Waals surface area contributed by atoms with Crippen molar-refractivity contribution >= 4 is 23.3 Å². The maximum absolute atomic E-state index is 14.2. The van der Waals surface area contributed by atoms with Gasteiger partial charge in [0.15, 0.2) is 0 Å². The highest BCUT2D eigenvalue weighted by Crippen LogP contribution is 2.24. The van der Waals surface area contributed by atoms with Crippen LogP contribution in [0.4, 0.5) is 21.5 Å². The summed E-state index contributed by atoms with van der Waals surface area (Å²) in [6.07, 6.45) is 3.71. The summed E-state index contributed by atoms with van der Waals surface area (Å²) in [5.74, 6) is -0.254. The quantitative estimate of drug-likeness (QED) is 0.515. The summed E-state index contributed by atoms with van der Waals surface area (Å²) < 4.78 is 14.2. The number of benzene rings is 2. The SMILES string of the molecule is O=[N+]([O-])c1ccc(N/N=C\c2ccc(N3CCCC3)c(F)c2)cc1. The Hall–Kier alpha value is -2.96. The number of rotatable bonds is 5. The number of nitrogens with zero attached hydrogens (tertiary/aromatic N) is 3. The van der Waals surface area contributed by atoms with E-state index in [4.69, 9.17) is 0 Å². The Morgan fingerprint density at radius 3 is 2.50 bits per heavy atom. The molecule has 1 heterocycles. The van der Waals surface area contributed by atoms with Gasteiger partial charge in [-0.05, 0) is 42.7 Å². The normalized spacial score (nSPS) is 14.3. The van der Waals surface area contributed by atoms with Crippen LogP contribution in [0.1, 0.15) is 18.4 Å². The number of hydrogen-bond donors (Lipinski definition) is 1. The Morgan fingerprint density at radius 2 is 1.88 bits per heavy atom. The average Bonchev–Trinajstić information content (AvgIpc) is 3.10. The molecular weight excluding hydrogens is 311 g/mol. The minimum absolute atomic E-state index is 0.0177. The van der Waals surface area contributed by atoms with E-state index in [0.29, 0.717) is 16.9 Å². The van der Waals surface area contributed by atoms with Crippen LogP contribution in [0.15, 0.2) is 47.6 Å². The van der Waals surface area contributed by atoms with E-state index in [1.807, 2.05) is 11.0 Å². The lowest BCUT2D eigenvalue weighted by Crippen LogP contribution is -2.18. The highest BCUT2D eigenvalue weighted by molar-refractivity contribution is 5.81. The lowest BCUT2D eigenvalue weighted by molar-refractivity contribution is -0.384. The molecule has 0 bridgehead atoms. The highest BCUT2D eigenvalue weighted by atomic mass is 19.1. The van der Waals surface area contributed by atoms with Gasteiger partial charge in [0.25, 0.3) is 5.69 Å². The van der Waals surface area contributed by atoms with Gasteiger partial charge in [-0.2, -0.15) is 5.10 Å². The molecule has 1 fully saturated rings. The summed E-state index contributed by atoms with van der Waals surface area (Å²) in [5, 5.41) is 14.6. The number of nitro benzene ring substituents is 1. The van der Waals surface area contributed by atoms with Crippen molar-refractivity contribution in [1.82, 2.24) is 0 Å². The number of halogens is 1. The summed E-state index contributed by atoms with van der Waals surface area (Å²) in [6.45, 7) is 1.79. The molecule has 2 aromatic carbocycles. The van der Waals surface area contributed by atoms with Crippen molar-refractivity contribution in [2.75, 3.05) is 23.4 Å². The van der Waals surface area contributed by atoms with Crippen LogP contribution < -0.4 is 10.3 Å². The van der Waals surface area contributed by atoms with Crippen LogP contribution in [-0.2, 0) is 0 Å². The van der Waals surface area contributed by atoms with Gasteiger partial charge in [0, 0.05) is 25.2 Å². The van der Waals surface area contributed by atoms with Gasteiger partial charge in [-0.1, -0.05) is 6.07 Å². The van der Waals surface area contributed by atoms with Gasteiger partial charge >= 0.3 is 0 Å². The number of non-ortho nitro benzene ring substituents is 1. The van der Waals surface area contributed by atoms with Crippen LogP contribution in [0.5, 0.6) is 0 Å². The summed E-state index contributed by atoms with van der Waals surface area (Å²) >= 11 is 0. The van der Waals surface area contributed by atoms with Crippen LogP contribution in [0.3, 0.4) is 0 Å². The molecule has 7 heteroatoms. The molecule has 1 aliphatic rings. The number of hydrazone groups is 1. The number of nitrogens with one attached hydrogen (secondary N) is 1. The topological polar surface area (TPSA) is 70.8 Å². The summed E-state index contributed by atoms with van der Waals surface area (Å²) in [6, 6.07) is 10.9. The van der Waals surface area contributed by atoms with Gasteiger partial charge in [0.05, 0.1) is 22.5 Å². The molecular formula is C17H17FN4O2. The third kappa shape index (κ3) is 3.68. The standard InChI is InChI=1S/C17H17FN4O2/c18-16-11-13(3-8-17(16)21-9-1-2-10-21)12-19-20-14-4-6-15(7-5-14)22(23)24/h3-8,11-12,20H,1-2,9-10H2/b19-12-. The van der Waals surface area contributed by atoms with Gasteiger partial charge in [-0.3, -0.25) is 15.5 Å². The first kappa shape index (κ1) is 15.9. The molecule has 124 valence electrons. The monoisotopic (exact) mass is 328 g/mol. The van der Waals surface area contributed by atoms with Crippen LogP contribution in [0.2, 0.25) is 0 Å². The molecule has 2 aromatic rings. The summed E-state index contributed by atoms with van der Waals surface area (Å²) in [4.78, 5) is 12.2. The zero-order chi connectivity index (χ0) is 16.9. The molecule has 24 heavy (non-hydrogen) atoms. The molecule has 0 spiro atoms. The fraction of sp³-hybridized carbons (Fsp3) is 0.235. The molecule has 0 aromatic heterocycles. The molecule has 3 rings (SSSR count). The second kappa shape index (κ2) is 7.08. The van der Waals surface area contributed by atoms with E-state index < -0.39 is 4.92 Å². The van der Waals surface area contributed by atoms with Gasteiger partial charge < -0.3 is 4.90 Å². The largest absolute Gasteiger partial charge is 0.369 e. The molecule has 0 saturated carbocycles. The van der Waals surface area contributed by atoms with Crippen LogP contribution >= 0.6 is 0 Å². The van der Waals surface area contributed by atoms with E-state index >= 15 is 0 Å². The minimum Gasteiger partial charge on any atom is -0.369 e. The fourth-order valence-electron chi connectivity index (χ4n) is 2.66. The van der Waals surface area contributed by atoms with Crippen molar-refractivity contribution in [2.45, 2.75) is 12.8 Å². The lowest BCUT2D eigenvalue weighted by atomic mass is 10.2. The Balaban J connectivity index is 1.63. The van der Waals surface area contributed by atoms with E-state index in [1.165, 1.54) is 24.4 Å². The van der Waals surface area contributed by atoms with Gasteiger partial charge in [0.1, 0.15) is 5.82 Å². The molecule has 6 nitrogen and oxygen atoms in total. The van der Waals surface area contributed by atoms with Crippen LogP contribution in [0, 0.1) is 15.9 Å². The average molecular weight is 328 g/mol. The zero-order valence-electron chi connectivity index (χ0n) is 13.0. The smallest absolute Gasteiger partial charge is 0.269 e. The van der Waals surface area contributed by atoms with Crippen molar-refractivity contribution in [3.05, 3.63) is 64.0 Å². The molecule has 1 saturated heterocycles. The first-order valence-corrected chi connectivity index (χ1v) is 7.71. The van der Waals surface area contributed by atoms with E-state index in [0.717, 1.165) is 25.9 Å². The van der Waals surface area contributed by atoms with Crippen molar-refractivity contribution < 1.29 is 9.31 Å². The first-order valence-electron chi connectivity index (χ1n) is 7.71. The minimum atomic E-state index is -0.461. The van der Waals surface area contributed by atoms with Crippen molar-refractivity contribution in [3.8, 4) is 0 Å². The molecule has 1 aliphatic heterocycles. The predicted octanol–water partition coefficient (Wildman–Crippen LogP) is 3.78. The Bertz CT molecular complexity index is 756.